The van der Waals surface area contributed by atoms with E-state index in [1.165, 1.54) is 6.42 Å². The van der Waals surface area contributed by atoms with E-state index in [4.69, 9.17) is 0 Å². The Kier molecular flexibility index (Phi) is 3.98. The third-order valence-electron chi connectivity index (χ3n) is 5.97. The molecule has 0 aliphatic heterocycles. The maximum atomic E-state index is 11.2. The van der Waals surface area contributed by atoms with Gasteiger partial charge in [-0.05, 0) is 49.9 Å². The molecule has 2 fully saturated rings. The lowest BCUT2D eigenvalue weighted by molar-refractivity contribution is -0.119. The summed E-state index contributed by atoms with van der Waals surface area (Å²) in [4.78, 5) is 0. The summed E-state index contributed by atoms with van der Waals surface area (Å²) in [5, 5.41) is 21.0. The molecular weight excluding hydrogens is 234 g/mol. The fourth-order valence-electron chi connectivity index (χ4n) is 4.18. The normalized spacial score (nSPS) is 37.5. The van der Waals surface area contributed by atoms with Gasteiger partial charge in [-0.3, -0.25) is 0 Å². The summed E-state index contributed by atoms with van der Waals surface area (Å²) in [5.74, 6) is 0.610. The molecule has 2 saturated carbocycles. The average molecular weight is 263 g/mol. The van der Waals surface area contributed by atoms with E-state index in [-0.39, 0.29) is 0 Å². The lowest BCUT2D eigenvalue weighted by Crippen LogP contribution is -2.52. The van der Waals surface area contributed by atoms with Gasteiger partial charge in [0.1, 0.15) is 0 Å². The Morgan fingerprint density at radius 2 is 1.79 bits per heavy atom. The summed E-state index contributed by atoms with van der Waals surface area (Å²) in [7, 11) is 0. The van der Waals surface area contributed by atoms with E-state index in [1.54, 1.807) is 0 Å². The smallest absolute Gasteiger partial charge is 0.0860 e. The van der Waals surface area contributed by atoms with Crippen molar-refractivity contribution in [2.24, 2.45) is 16.7 Å². The van der Waals surface area contributed by atoms with Crippen molar-refractivity contribution in [2.45, 2.75) is 84.2 Å². The van der Waals surface area contributed by atoms with Gasteiger partial charge in [0.15, 0.2) is 0 Å². The number of nitriles is 1. The molecule has 2 nitrogen and oxygen atoms in total. The molecule has 2 aliphatic carbocycles. The zero-order valence-corrected chi connectivity index (χ0v) is 12.8. The maximum Gasteiger partial charge on any atom is 0.0860 e. The largest absolute Gasteiger partial charge is 0.388 e. The molecular formula is C17H29NO. The number of hydrogen-bond acceptors (Lipinski definition) is 2. The van der Waals surface area contributed by atoms with E-state index in [9.17, 15) is 10.4 Å². The van der Waals surface area contributed by atoms with Gasteiger partial charge in [0.25, 0.3) is 0 Å². The first kappa shape index (κ1) is 14.9. The van der Waals surface area contributed by atoms with E-state index in [0.29, 0.717) is 11.3 Å². The van der Waals surface area contributed by atoms with Gasteiger partial charge >= 0.3 is 0 Å². The summed E-state index contributed by atoms with van der Waals surface area (Å²) < 4.78 is 0. The van der Waals surface area contributed by atoms with Gasteiger partial charge in [-0.1, -0.05) is 40.0 Å². The maximum absolute atomic E-state index is 11.2. The second kappa shape index (κ2) is 5.09. The summed E-state index contributed by atoms with van der Waals surface area (Å²) in [5.41, 5.74) is -0.858. The quantitative estimate of drug-likeness (QED) is 0.801. The van der Waals surface area contributed by atoms with Crippen molar-refractivity contribution in [3.63, 3.8) is 0 Å². The van der Waals surface area contributed by atoms with Crippen LogP contribution < -0.4 is 0 Å². The van der Waals surface area contributed by atoms with Crippen LogP contribution in [-0.4, -0.2) is 10.7 Å². The minimum absolute atomic E-state index is 0.343. The number of nitrogens with zero attached hydrogens (tertiary/aromatic N) is 1. The Bertz CT molecular complexity index is 358. The molecule has 0 amide bonds. The molecule has 0 aromatic rings. The molecule has 0 radical (unpaired) electrons. The summed E-state index contributed by atoms with van der Waals surface area (Å²) >= 11 is 0. The van der Waals surface area contributed by atoms with Crippen LogP contribution in [0.1, 0.15) is 78.6 Å². The lowest BCUT2D eigenvalue weighted by Gasteiger charge is -2.51. The monoisotopic (exact) mass is 263 g/mol. The van der Waals surface area contributed by atoms with Gasteiger partial charge in [0.05, 0.1) is 17.1 Å². The van der Waals surface area contributed by atoms with Crippen LogP contribution in [-0.2, 0) is 0 Å². The lowest BCUT2D eigenvalue weighted by atomic mass is 9.54. The van der Waals surface area contributed by atoms with Gasteiger partial charge in [-0.25, -0.2) is 0 Å². The molecule has 2 aliphatic rings. The van der Waals surface area contributed by atoms with Crippen LogP contribution in [0.25, 0.3) is 0 Å². The minimum atomic E-state index is -0.725. The highest BCUT2D eigenvalue weighted by atomic mass is 16.3. The Morgan fingerprint density at radius 1 is 1.16 bits per heavy atom. The zero-order valence-electron chi connectivity index (χ0n) is 12.8. The van der Waals surface area contributed by atoms with Crippen LogP contribution in [0.3, 0.4) is 0 Å². The van der Waals surface area contributed by atoms with Crippen LogP contribution in [0.5, 0.6) is 0 Å². The van der Waals surface area contributed by atoms with E-state index in [2.05, 4.69) is 26.8 Å². The number of rotatable bonds is 2. The zero-order chi connectivity index (χ0) is 14.1. The van der Waals surface area contributed by atoms with Crippen molar-refractivity contribution < 1.29 is 5.11 Å². The molecule has 2 heteroatoms. The second-order valence-electron chi connectivity index (χ2n) is 7.76. The molecule has 2 rings (SSSR count). The third-order valence-corrected chi connectivity index (χ3v) is 5.97. The van der Waals surface area contributed by atoms with Crippen molar-refractivity contribution in [3.8, 4) is 6.07 Å². The van der Waals surface area contributed by atoms with Crippen molar-refractivity contribution >= 4 is 0 Å². The molecule has 0 heterocycles. The molecule has 0 spiro atoms. The van der Waals surface area contributed by atoms with Gasteiger partial charge < -0.3 is 5.11 Å². The Morgan fingerprint density at radius 3 is 2.32 bits per heavy atom. The highest BCUT2D eigenvalue weighted by molar-refractivity contribution is 5.15. The molecule has 0 bridgehead atoms. The van der Waals surface area contributed by atoms with E-state index in [0.717, 1.165) is 51.4 Å². The van der Waals surface area contributed by atoms with Gasteiger partial charge in [-0.15, -0.1) is 0 Å². The summed E-state index contributed by atoms with van der Waals surface area (Å²) in [6.45, 7) is 6.78. The molecule has 0 aromatic heterocycles. The Balaban J connectivity index is 2.19. The Labute approximate surface area is 118 Å². The summed E-state index contributed by atoms with van der Waals surface area (Å²) in [6.07, 6.45) is 9.02. The number of hydrogen-bond donors (Lipinski definition) is 1. The first-order valence-electron chi connectivity index (χ1n) is 8.00. The molecule has 1 N–H and O–H groups in total. The number of aliphatic hydroxyl groups is 1. The molecule has 19 heavy (non-hydrogen) atoms. The first-order valence-corrected chi connectivity index (χ1v) is 8.00. The van der Waals surface area contributed by atoms with Crippen molar-refractivity contribution in [1.82, 2.24) is 0 Å². The third kappa shape index (κ3) is 2.68. The molecule has 2 atom stereocenters. The fourth-order valence-corrected chi connectivity index (χ4v) is 4.18. The van der Waals surface area contributed by atoms with Crippen LogP contribution in [0, 0.1) is 28.1 Å². The van der Waals surface area contributed by atoms with Crippen LogP contribution in [0.2, 0.25) is 0 Å². The standard InChI is InChI=1S/C17H29NO/c1-4-14-6-5-7-17(19,12-14)16(13-18)10-8-15(2,3)9-11-16/h14,19H,4-12H2,1-3H3. The molecule has 2 unspecified atom stereocenters. The van der Waals surface area contributed by atoms with E-state index < -0.39 is 11.0 Å². The van der Waals surface area contributed by atoms with E-state index >= 15 is 0 Å². The van der Waals surface area contributed by atoms with Crippen molar-refractivity contribution in [2.75, 3.05) is 0 Å². The predicted octanol–water partition coefficient (Wildman–Crippen LogP) is 4.43. The topological polar surface area (TPSA) is 44.0 Å². The van der Waals surface area contributed by atoms with Crippen LogP contribution >= 0.6 is 0 Å². The second-order valence-corrected chi connectivity index (χ2v) is 7.76. The van der Waals surface area contributed by atoms with E-state index in [1.807, 2.05) is 0 Å². The Hall–Kier alpha value is -0.550. The summed E-state index contributed by atoms with van der Waals surface area (Å²) in [6, 6.07) is 2.56. The SMILES string of the molecule is CCC1CCCC(O)(C2(C#N)CCC(C)(C)CC2)C1. The van der Waals surface area contributed by atoms with Gasteiger partial charge in [0, 0.05) is 0 Å². The predicted molar refractivity (Wildman–Crippen MR) is 77.5 cm³/mol. The first-order chi connectivity index (χ1) is 8.86. The van der Waals surface area contributed by atoms with Crippen LogP contribution in [0.15, 0.2) is 0 Å². The van der Waals surface area contributed by atoms with Crippen LogP contribution in [0.4, 0.5) is 0 Å². The average Bonchev–Trinajstić information content (AvgIpc) is 2.39. The van der Waals surface area contributed by atoms with Gasteiger partial charge in [-0.2, -0.15) is 5.26 Å². The minimum Gasteiger partial charge on any atom is -0.388 e. The molecule has 0 aromatic carbocycles. The fraction of sp³-hybridized carbons (Fsp3) is 0.941. The van der Waals surface area contributed by atoms with Gasteiger partial charge in [0.2, 0.25) is 0 Å². The molecule has 0 saturated heterocycles. The highest BCUT2D eigenvalue weighted by Crippen LogP contribution is 2.55. The highest BCUT2D eigenvalue weighted by Gasteiger charge is 2.54. The van der Waals surface area contributed by atoms with Crippen molar-refractivity contribution in [3.05, 3.63) is 0 Å². The molecule has 108 valence electrons. The van der Waals surface area contributed by atoms with Crippen molar-refractivity contribution in [1.29, 1.82) is 5.26 Å².